The smallest absolute Gasteiger partial charge is 0.268 e. The Hall–Kier alpha value is -2.82. The van der Waals surface area contributed by atoms with Gasteiger partial charge in [0.25, 0.3) is 11.8 Å². The topological polar surface area (TPSA) is 37.4 Å². The number of amides is 2. The molecule has 0 N–H and O–H groups in total. The van der Waals surface area contributed by atoms with Crippen molar-refractivity contribution >= 4 is 46.4 Å². The lowest BCUT2D eigenvalue weighted by atomic mass is 9.98. The number of carbonyl (C=O) groups excluding carboxylic acids is 2. The fourth-order valence-electron chi connectivity index (χ4n) is 3.58. The normalized spacial score (nSPS) is 14.1. The highest BCUT2D eigenvalue weighted by atomic mass is 35.5. The van der Waals surface area contributed by atoms with Crippen molar-refractivity contribution in [2.75, 3.05) is 4.90 Å². The van der Waals surface area contributed by atoms with Gasteiger partial charge >= 0.3 is 0 Å². The Morgan fingerprint density at radius 1 is 0.800 bits per heavy atom. The van der Waals surface area contributed by atoms with Crippen LogP contribution in [-0.4, -0.2) is 11.8 Å². The zero-order chi connectivity index (χ0) is 21.4. The molecule has 3 aromatic rings. The second-order valence-electron chi connectivity index (χ2n) is 7.31. The van der Waals surface area contributed by atoms with E-state index in [2.05, 4.69) is 0 Å². The summed E-state index contributed by atoms with van der Waals surface area (Å²) < 4.78 is 0. The lowest BCUT2D eigenvalue weighted by Crippen LogP contribution is -2.32. The van der Waals surface area contributed by atoms with Gasteiger partial charge in [0.2, 0.25) is 0 Å². The predicted octanol–water partition coefficient (Wildman–Crippen LogP) is 6.34. The van der Waals surface area contributed by atoms with Crippen LogP contribution < -0.4 is 4.90 Å². The molecule has 3 aromatic carbocycles. The lowest BCUT2D eigenvalue weighted by Gasteiger charge is -2.18. The number of imide groups is 1. The molecule has 2 amide bonds. The van der Waals surface area contributed by atoms with Crippen molar-refractivity contribution in [2.45, 2.75) is 25.7 Å². The summed E-state index contributed by atoms with van der Waals surface area (Å²) in [4.78, 5) is 29.7. The van der Waals surface area contributed by atoms with Crippen molar-refractivity contribution in [1.29, 1.82) is 0 Å². The predicted molar refractivity (Wildman–Crippen MR) is 124 cm³/mol. The molecular weight excluding hydrogens is 414 g/mol. The average Bonchev–Trinajstić information content (AvgIpc) is 2.95. The van der Waals surface area contributed by atoms with Crippen LogP contribution in [-0.2, 0) is 9.59 Å². The first-order chi connectivity index (χ1) is 14.4. The molecule has 0 spiro atoms. The van der Waals surface area contributed by atoms with Crippen LogP contribution in [0.5, 0.6) is 0 Å². The van der Waals surface area contributed by atoms with Gasteiger partial charge in [-0.2, -0.15) is 0 Å². The molecule has 30 heavy (non-hydrogen) atoms. The Bertz CT molecular complexity index is 1200. The van der Waals surface area contributed by atoms with Gasteiger partial charge in [-0.15, -0.1) is 0 Å². The fourth-order valence-corrected chi connectivity index (χ4v) is 4.76. The fraction of sp³-hybridized carbons (Fsp3) is 0.120. The van der Waals surface area contributed by atoms with Crippen molar-refractivity contribution in [1.82, 2.24) is 0 Å². The summed E-state index contributed by atoms with van der Waals surface area (Å²) >= 11 is 7.51. The molecule has 150 valence electrons. The second-order valence-corrected chi connectivity index (χ2v) is 8.83. The largest absolute Gasteiger partial charge is 0.272 e. The molecule has 5 heteroatoms. The molecule has 0 atom stereocenters. The first-order valence-corrected chi connectivity index (χ1v) is 10.8. The molecule has 0 aliphatic carbocycles. The highest BCUT2D eigenvalue weighted by Gasteiger charge is 2.41. The van der Waals surface area contributed by atoms with E-state index in [9.17, 15) is 9.59 Å². The maximum atomic E-state index is 13.6. The maximum absolute atomic E-state index is 13.6. The third kappa shape index (κ3) is 3.69. The number of aryl methyl sites for hydroxylation is 3. The molecule has 1 heterocycles. The molecule has 0 bridgehead atoms. The van der Waals surface area contributed by atoms with Gasteiger partial charge in [0.15, 0.2) is 0 Å². The number of thioether (sulfide) groups is 1. The van der Waals surface area contributed by atoms with Gasteiger partial charge in [-0.05, 0) is 61.7 Å². The second kappa shape index (κ2) is 8.13. The zero-order valence-electron chi connectivity index (χ0n) is 16.9. The molecular formula is C25H20ClNO2S. The van der Waals surface area contributed by atoms with E-state index in [0.29, 0.717) is 21.2 Å². The summed E-state index contributed by atoms with van der Waals surface area (Å²) in [5.41, 5.74) is 4.61. The third-order valence-electron chi connectivity index (χ3n) is 5.07. The molecule has 0 fully saturated rings. The minimum absolute atomic E-state index is 0.323. The van der Waals surface area contributed by atoms with Gasteiger partial charge in [0, 0.05) is 9.92 Å². The van der Waals surface area contributed by atoms with Crippen LogP contribution in [0.25, 0.3) is 5.57 Å². The Morgan fingerprint density at radius 2 is 1.53 bits per heavy atom. The Balaban J connectivity index is 1.89. The number of hydrogen-bond donors (Lipinski definition) is 0. The maximum Gasteiger partial charge on any atom is 0.272 e. The summed E-state index contributed by atoms with van der Waals surface area (Å²) in [6.45, 7) is 5.84. The molecule has 4 rings (SSSR count). The Kier molecular flexibility index (Phi) is 5.54. The summed E-state index contributed by atoms with van der Waals surface area (Å²) in [6, 6.07) is 20.8. The molecule has 0 aromatic heterocycles. The van der Waals surface area contributed by atoms with Crippen LogP contribution in [0, 0.1) is 20.8 Å². The Morgan fingerprint density at radius 3 is 2.23 bits per heavy atom. The lowest BCUT2D eigenvalue weighted by molar-refractivity contribution is -0.119. The van der Waals surface area contributed by atoms with Crippen molar-refractivity contribution < 1.29 is 9.59 Å². The standard InChI is InChI=1S/C25H20ClNO2S/c1-15-9-12-20(17(3)13-15)22-23(30-19-7-5-4-6-8-19)25(29)27(24(22)28)21-14-18(26)11-10-16(21)2/h4-14H,1-3H3. The molecule has 1 aliphatic rings. The third-order valence-corrected chi connectivity index (χ3v) is 6.39. The van der Waals surface area contributed by atoms with E-state index in [1.165, 1.54) is 16.7 Å². The van der Waals surface area contributed by atoms with Gasteiger partial charge in [0.1, 0.15) is 0 Å². The highest BCUT2D eigenvalue weighted by molar-refractivity contribution is 8.04. The summed E-state index contributed by atoms with van der Waals surface area (Å²) in [7, 11) is 0. The average molecular weight is 434 g/mol. The van der Waals surface area contributed by atoms with E-state index in [4.69, 9.17) is 11.6 Å². The number of nitrogens with zero attached hydrogens (tertiary/aromatic N) is 1. The van der Waals surface area contributed by atoms with E-state index in [0.717, 1.165) is 27.1 Å². The van der Waals surface area contributed by atoms with Crippen LogP contribution in [0.15, 0.2) is 76.5 Å². The van der Waals surface area contributed by atoms with Crippen molar-refractivity contribution in [3.8, 4) is 0 Å². The van der Waals surface area contributed by atoms with Gasteiger partial charge in [0.05, 0.1) is 16.2 Å². The number of benzene rings is 3. The van der Waals surface area contributed by atoms with Gasteiger partial charge < -0.3 is 0 Å². The number of carbonyl (C=O) groups is 2. The molecule has 0 saturated heterocycles. The van der Waals surface area contributed by atoms with E-state index in [1.807, 2.05) is 75.4 Å². The minimum atomic E-state index is -0.325. The van der Waals surface area contributed by atoms with E-state index >= 15 is 0 Å². The van der Waals surface area contributed by atoms with Gasteiger partial charge in [-0.1, -0.05) is 71.4 Å². The van der Waals surface area contributed by atoms with Crippen LogP contribution in [0.1, 0.15) is 22.3 Å². The van der Waals surface area contributed by atoms with Gasteiger partial charge in [-0.25, -0.2) is 4.90 Å². The van der Waals surface area contributed by atoms with Crippen LogP contribution >= 0.6 is 23.4 Å². The van der Waals surface area contributed by atoms with Crippen molar-refractivity contribution in [2.24, 2.45) is 0 Å². The van der Waals surface area contributed by atoms with Crippen LogP contribution in [0.2, 0.25) is 5.02 Å². The van der Waals surface area contributed by atoms with Crippen molar-refractivity contribution in [3.05, 3.63) is 98.9 Å². The van der Waals surface area contributed by atoms with E-state index in [1.54, 1.807) is 12.1 Å². The number of rotatable bonds is 4. The quantitative estimate of drug-likeness (QED) is 0.450. The van der Waals surface area contributed by atoms with Crippen molar-refractivity contribution in [3.63, 3.8) is 0 Å². The summed E-state index contributed by atoms with van der Waals surface area (Å²) in [6.07, 6.45) is 0. The van der Waals surface area contributed by atoms with Crippen LogP contribution in [0.4, 0.5) is 5.69 Å². The highest BCUT2D eigenvalue weighted by Crippen LogP contribution is 2.43. The zero-order valence-corrected chi connectivity index (χ0v) is 18.5. The Labute approximate surface area is 185 Å². The number of hydrogen-bond acceptors (Lipinski definition) is 3. The summed E-state index contributed by atoms with van der Waals surface area (Å²) in [5, 5.41) is 0.480. The SMILES string of the molecule is Cc1ccc(C2=C(Sc3ccccc3)C(=O)N(c3cc(Cl)ccc3C)C2=O)c(C)c1. The summed E-state index contributed by atoms with van der Waals surface area (Å²) in [5.74, 6) is -0.648. The van der Waals surface area contributed by atoms with Crippen LogP contribution in [0.3, 0.4) is 0 Å². The molecule has 0 saturated carbocycles. The molecule has 1 aliphatic heterocycles. The molecule has 0 unspecified atom stereocenters. The van der Waals surface area contributed by atoms with E-state index < -0.39 is 0 Å². The number of anilines is 1. The minimum Gasteiger partial charge on any atom is -0.268 e. The number of halogens is 1. The van der Waals surface area contributed by atoms with Gasteiger partial charge in [-0.3, -0.25) is 9.59 Å². The molecule has 0 radical (unpaired) electrons. The monoisotopic (exact) mass is 433 g/mol. The first-order valence-electron chi connectivity index (χ1n) is 9.56. The first kappa shape index (κ1) is 20.5. The molecule has 3 nitrogen and oxygen atoms in total. The van der Waals surface area contributed by atoms with E-state index in [-0.39, 0.29) is 11.8 Å².